The van der Waals surface area contributed by atoms with Crippen LogP contribution in [0, 0.1) is 5.41 Å². The van der Waals surface area contributed by atoms with E-state index in [0.29, 0.717) is 6.61 Å². The molecule has 2 heteroatoms. The molecule has 0 aromatic heterocycles. The van der Waals surface area contributed by atoms with Gasteiger partial charge in [0.2, 0.25) is 0 Å². The fourth-order valence-electron chi connectivity index (χ4n) is 1.72. The van der Waals surface area contributed by atoms with Crippen LogP contribution in [0.25, 0.3) is 0 Å². The molecule has 92 valence electrons. The number of carbonyl (C=O) groups is 1. The molecular formula is C15H20O2. The summed E-state index contributed by atoms with van der Waals surface area (Å²) in [4.78, 5) is 10.9. The van der Waals surface area contributed by atoms with Gasteiger partial charge in [0.1, 0.15) is 0 Å². The molecular weight excluding hydrogens is 212 g/mol. The molecule has 0 aliphatic heterocycles. The quantitative estimate of drug-likeness (QED) is 0.555. The largest absolute Gasteiger partial charge is 0.463 e. The van der Waals surface area contributed by atoms with Gasteiger partial charge >= 0.3 is 5.97 Å². The molecule has 0 radical (unpaired) electrons. The number of rotatable bonds is 6. The average molecular weight is 232 g/mol. The summed E-state index contributed by atoms with van der Waals surface area (Å²) in [5.74, 6) is -0.347. The molecule has 0 unspecified atom stereocenters. The third kappa shape index (κ3) is 5.34. The number of esters is 1. The summed E-state index contributed by atoms with van der Waals surface area (Å²) in [5.41, 5.74) is 1.44. The molecule has 0 aliphatic rings. The van der Waals surface area contributed by atoms with Crippen molar-refractivity contribution >= 4 is 5.97 Å². The van der Waals surface area contributed by atoms with Crippen LogP contribution in [-0.2, 0) is 16.0 Å². The Balaban J connectivity index is 2.41. The first-order valence-corrected chi connectivity index (χ1v) is 5.87. The molecule has 0 aliphatic carbocycles. The first kappa shape index (κ1) is 13.5. The second-order valence-corrected chi connectivity index (χ2v) is 4.95. The lowest BCUT2D eigenvalue weighted by molar-refractivity contribution is -0.138. The fraction of sp³-hybridized carbons (Fsp3) is 0.400. The van der Waals surface area contributed by atoms with Crippen LogP contribution in [-0.4, -0.2) is 12.6 Å². The first-order chi connectivity index (χ1) is 8.03. The van der Waals surface area contributed by atoms with E-state index in [1.165, 1.54) is 11.6 Å². The van der Waals surface area contributed by atoms with Gasteiger partial charge in [-0.3, -0.25) is 0 Å². The standard InChI is InChI=1S/C15H20O2/c1-4-14(16)17-11-10-15(2,3)12-13-8-6-5-7-9-13/h4-9H,1,10-12H2,2-3H3. The highest BCUT2D eigenvalue weighted by Crippen LogP contribution is 2.25. The predicted octanol–water partition coefficient (Wildman–Crippen LogP) is 3.37. The highest BCUT2D eigenvalue weighted by atomic mass is 16.5. The normalized spacial score (nSPS) is 10.9. The first-order valence-electron chi connectivity index (χ1n) is 5.87. The van der Waals surface area contributed by atoms with Crippen molar-refractivity contribution in [1.29, 1.82) is 0 Å². The van der Waals surface area contributed by atoms with Gasteiger partial charge in [0.15, 0.2) is 0 Å². The third-order valence-corrected chi connectivity index (χ3v) is 2.72. The Kier molecular flexibility index (Phi) is 4.95. The van der Waals surface area contributed by atoms with Crippen LogP contribution < -0.4 is 0 Å². The van der Waals surface area contributed by atoms with Crippen molar-refractivity contribution in [2.24, 2.45) is 5.41 Å². The molecule has 0 saturated carbocycles. The average Bonchev–Trinajstić information content (AvgIpc) is 2.29. The molecule has 0 heterocycles. The molecule has 0 amide bonds. The summed E-state index contributed by atoms with van der Waals surface area (Å²) < 4.78 is 5.01. The van der Waals surface area contributed by atoms with Crippen molar-refractivity contribution in [1.82, 2.24) is 0 Å². The van der Waals surface area contributed by atoms with Gasteiger partial charge in [-0.15, -0.1) is 0 Å². The zero-order chi connectivity index (χ0) is 12.7. The highest BCUT2D eigenvalue weighted by Gasteiger charge is 2.18. The molecule has 0 N–H and O–H groups in total. The third-order valence-electron chi connectivity index (χ3n) is 2.72. The lowest BCUT2D eigenvalue weighted by Crippen LogP contribution is -2.18. The summed E-state index contributed by atoms with van der Waals surface area (Å²) in [6.45, 7) is 8.18. The van der Waals surface area contributed by atoms with E-state index in [0.717, 1.165) is 12.8 Å². The van der Waals surface area contributed by atoms with Gasteiger partial charge in [0, 0.05) is 6.08 Å². The minimum absolute atomic E-state index is 0.128. The second-order valence-electron chi connectivity index (χ2n) is 4.95. The Morgan fingerprint density at radius 1 is 1.35 bits per heavy atom. The van der Waals surface area contributed by atoms with Crippen molar-refractivity contribution in [3.8, 4) is 0 Å². The highest BCUT2D eigenvalue weighted by molar-refractivity contribution is 5.81. The maximum atomic E-state index is 10.9. The molecule has 0 saturated heterocycles. The maximum Gasteiger partial charge on any atom is 0.330 e. The summed E-state index contributed by atoms with van der Waals surface area (Å²) in [7, 11) is 0. The van der Waals surface area contributed by atoms with Crippen LogP contribution in [0.3, 0.4) is 0 Å². The predicted molar refractivity (Wildman–Crippen MR) is 69.7 cm³/mol. The second kappa shape index (κ2) is 6.24. The molecule has 0 atom stereocenters. The summed E-state index contributed by atoms with van der Waals surface area (Å²) >= 11 is 0. The minimum Gasteiger partial charge on any atom is -0.463 e. The fourth-order valence-corrected chi connectivity index (χ4v) is 1.72. The Hall–Kier alpha value is -1.57. The van der Waals surface area contributed by atoms with Gasteiger partial charge in [0.05, 0.1) is 6.61 Å². The summed E-state index contributed by atoms with van der Waals surface area (Å²) in [5, 5.41) is 0. The van der Waals surface area contributed by atoms with Crippen LogP contribution in [0.2, 0.25) is 0 Å². The Morgan fingerprint density at radius 2 is 2.00 bits per heavy atom. The van der Waals surface area contributed by atoms with E-state index in [9.17, 15) is 4.79 Å². The molecule has 0 spiro atoms. The lowest BCUT2D eigenvalue weighted by Gasteiger charge is -2.24. The minimum atomic E-state index is -0.347. The van der Waals surface area contributed by atoms with Crippen molar-refractivity contribution in [2.45, 2.75) is 26.7 Å². The van der Waals surface area contributed by atoms with Gasteiger partial charge in [-0.2, -0.15) is 0 Å². The lowest BCUT2D eigenvalue weighted by atomic mass is 9.83. The van der Waals surface area contributed by atoms with E-state index < -0.39 is 0 Å². The zero-order valence-corrected chi connectivity index (χ0v) is 10.6. The molecule has 0 fully saturated rings. The Morgan fingerprint density at radius 3 is 2.59 bits per heavy atom. The van der Waals surface area contributed by atoms with Crippen molar-refractivity contribution in [3.63, 3.8) is 0 Å². The number of ether oxygens (including phenoxy) is 1. The molecule has 1 aromatic carbocycles. The van der Waals surface area contributed by atoms with E-state index in [1.807, 2.05) is 18.2 Å². The van der Waals surface area contributed by atoms with Crippen LogP contribution in [0.5, 0.6) is 0 Å². The number of carbonyl (C=O) groups excluding carboxylic acids is 1. The van der Waals surface area contributed by atoms with E-state index in [4.69, 9.17) is 4.74 Å². The number of hydrogen-bond donors (Lipinski definition) is 0. The van der Waals surface area contributed by atoms with Crippen LogP contribution in [0.4, 0.5) is 0 Å². The Bertz CT molecular complexity index is 366. The van der Waals surface area contributed by atoms with Crippen LogP contribution in [0.15, 0.2) is 43.0 Å². The van der Waals surface area contributed by atoms with E-state index in [2.05, 4.69) is 32.6 Å². The number of benzene rings is 1. The van der Waals surface area contributed by atoms with Gasteiger partial charge < -0.3 is 4.74 Å². The number of hydrogen-bond acceptors (Lipinski definition) is 2. The van der Waals surface area contributed by atoms with Gasteiger partial charge in [-0.25, -0.2) is 4.79 Å². The van der Waals surface area contributed by atoms with Gasteiger partial charge in [-0.05, 0) is 23.8 Å². The SMILES string of the molecule is C=CC(=O)OCCC(C)(C)Cc1ccccc1. The van der Waals surface area contributed by atoms with Crippen LogP contribution in [0.1, 0.15) is 25.8 Å². The van der Waals surface area contributed by atoms with Gasteiger partial charge in [-0.1, -0.05) is 50.8 Å². The van der Waals surface area contributed by atoms with E-state index in [-0.39, 0.29) is 11.4 Å². The smallest absolute Gasteiger partial charge is 0.330 e. The summed E-state index contributed by atoms with van der Waals surface area (Å²) in [6, 6.07) is 10.4. The van der Waals surface area contributed by atoms with E-state index in [1.54, 1.807) is 0 Å². The molecule has 2 nitrogen and oxygen atoms in total. The van der Waals surface area contributed by atoms with Crippen molar-refractivity contribution in [2.75, 3.05) is 6.61 Å². The molecule has 1 rings (SSSR count). The van der Waals surface area contributed by atoms with Crippen molar-refractivity contribution in [3.05, 3.63) is 48.6 Å². The van der Waals surface area contributed by atoms with Crippen LogP contribution >= 0.6 is 0 Å². The monoisotopic (exact) mass is 232 g/mol. The Labute approximate surface area is 103 Å². The van der Waals surface area contributed by atoms with Gasteiger partial charge in [0.25, 0.3) is 0 Å². The molecule has 0 bridgehead atoms. The molecule has 1 aromatic rings. The van der Waals surface area contributed by atoms with Crippen molar-refractivity contribution < 1.29 is 9.53 Å². The topological polar surface area (TPSA) is 26.3 Å². The summed E-state index contributed by atoms with van der Waals surface area (Å²) in [6.07, 6.45) is 3.03. The zero-order valence-electron chi connectivity index (χ0n) is 10.6. The molecule has 17 heavy (non-hydrogen) atoms. The maximum absolute atomic E-state index is 10.9. The van der Waals surface area contributed by atoms with E-state index >= 15 is 0 Å².